The van der Waals surface area contributed by atoms with Crippen LogP contribution < -0.4 is 11.2 Å². The molecule has 3 atom stereocenters. The van der Waals surface area contributed by atoms with Gasteiger partial charge in [0.25, 0.3) is 5.56 Å². The molecule has 1 aromatic heterocycles. The van der Waals surface area contributed by atoms with Crippen molar-refractivity contribution >= 4 is 0 Å². The number of nitrogens with zero attached hydrogens (tertiary/aromatic N) is 1. The fourth-order valence-corrected chi connectivity index (χ4v) is 2.63. The van der Waals surface area contributed by atoms with Crippen LogP contribution in [-0.2, 0) is 14.2 Å². The summed E-state index contributed by atoms with van der Waals surface area (Å²) in [7, 11) is 0. The van der Waals surface area contributed by atoms with Gasteiger partial charge in [0.2, 0.25) is 0 Å². The third-order valence-electron chi connectivity index (χ3n) is 3.67. The van der Waals surface area contributed by atoms with Crippen LogP contribution in [-0.4, -0.2) is 34.2 Å². The smallest absolute Gasteiger partial charge is 0.330 e. The van der Waals surface area contributed by atoms with Crippen molar-refractivity contribution in [3.05, 3.63) is 32.6 Å². The number of aromatic nitrogens is 2. The lowest BCUT2D eigenvalue weighted by molar-refractivity contribution is -0.293. The Kier molecular flexibility index (Phi) is 3.07. The molecule has 0 spiro atoms. The molecule has 0 radical (unpaired) electrons. The van der Waals surface area contributed by atoms with Gasteiger partial charge in [0.15, 0.2) is 5.79 Å². The molecule has 7 heteroatoms. The van der Waals surface area contributed by atoms with Gasteiger partial charge < -0.3 is 14.2 Å². The van der Waals surface area contributed by atoms with Crippen molar-refractivity contribution in [1.29, 1.82) is 0 Å². The summed E-state index contributed by atoms with van der Waals surface area (Å²) in [6, 6.07) is 0. The number of nitrogens with one attached hydrogen (secondary N) is 1. The number of hydrogen-bond donors (Lipinski definition) is 1. The first-order valence-electron chi connectivity index (χ1n) is 6.65. The van der Waals surface area contributed by atoms with Crippen LogP contribution in [0.4, 0.5) is 0 Å². The van der Waals surface area contributed by atoms with Crippen LogP contribution in [0.1, 0.15) is 32.1 Å². The predicted octanol–water partition coefficient (Wildman–Crippen LogP) is 0.284. The molecular weight excluding hydrogens is 264 g/mol. The molecule has 1 N–H and O–H groups in total. The molecule has 110 valence electrons. The Morgan fingerprint density at radius 3 is 2.85 bits per heavy atom. The topological polar surface area (TPSA) is 82.6 Å². The fraction of sp³-hybridized carbons (Fsp3) is 0.692. The monoisotopic (exact) mass is 282 g/mol. The number of H-pyrrole nitrogens is 1. The molecule has 0 aliphatic carbocycles. The third-order valence-corrected chi connectivity index (χ3v) is 3.67. The summed E-state index contributed by atoms with van der Waals surface area (Å²) in [5, 5.41) is 0. The molecule has 3 heterocycles. The zero-order chi connectivity index (χ0) is 14.5. The first kappa shape index (κ1) is 13.5. The van der Waals surface area contributed by atoms with E-state index in [2.05, 4.69) is 4.98 Å². The number of aryl methyl sites for hydroxylation is 1. The van der Waals surface area contributed by atoms with Gasteiger partial charge in [-0.2, -0.15) is 0 Å². The highest BCUT2D eigenvalue weighted by atomic mass is 16.7. The SMILES string of the molecule is Cc1cn([C@H]2C[C@H]3OC(C)(C)OC[C@H]3O2)c(=O)[nH]c1=O. The summed E-state index contributed by atoms with van der Waals surface area (Å²) in [5.74, 6) is -0.634. The molecule has 0 amide bonds. The zero-order valence-corrected chi connectivity index (χ0v) is 11.7. The highest BCUT2D eigenvalue weighted by Gasteiger charge is 2.44. The highest BCUT2D eigenvalue weighted by Crippen LogP contribution is 2.36. The average Bonchev–Trinajstić information content (AvgIpc) is 2.74. The molecule has 3 rings (SSSR count). The predicted molar refractivity (Wildman–Crippen MR) is 69.5 cm³/mol. The molecule has 7 nitrogen and oxygen atoms in total. The van der Waals surface area contributed by atoms with Crippen molar-refractivity contribution in [1.82, 2.24) is 9.55 Å². The van der Waals surface area contributed by atoms with Crippen molar-refractivity contribution in [2.24, 2.45) is 0 Å². The van der Waals surface area contributed by atoms with E-state index in [1.165, 1.54) is 10.8 Å². The van der Waals surface area contributed by atoms with Crippen LogP contribution >= 0.6 is 0 Å². The Morgan fingerprint density at radius 1 is 1.35 bits per heavy atom. The molecule has 0 aromatic carbocycles. The second-order valence-electron chi connectivity index (χ2n) is 5.71. The molecular formula is C13H18N2O5. The highest BCUT2D eigenvalue weighted by molar-refractivity contribution is 5.02. The molecule has 20 heavy (non-hydrogen) atoms. The van der Waals surface area contributed by atoms with E-state index >= 15 is 0 Å². The summed E-state index contributed by atoms with van der Waals surface area (Å²) < 4.78 is 18.6. The summed E-state index contributed by atoms with van der Waals surface area (Å²) in [6.07, 6.45) is 1.35. The van der Waals surface area contributed by atoms with Crippen LogP contribution in [0.5, 0.6) is 0 Å². The Hall–Kier alpha value is -1.44. The lowest BCUT2D eigenvalue weighted by atomic mass is 10.1. The van der Waals surface area contributed by atoms with Crippen molar-refractivity contribution in [3.63, 3.8) is 0 Å². The number of rotatable bonds is 1. The van der Waals surface area contributed by atoms with Gasteiger partial charge in [-0.3, -0.25) is 14.3 Å². The van der Waals surface area contributed by atoms with E-state index in [1.54, 1.807) is 6.92 Å². The molecule has 0 unspecified atom stereocenters. The first-order valence-corrected chi connectivity index (χ1v) is 6.65. The van der Waals surface area contributed by atoms with Gasteiger partial charge in [-0.1, -0.05) is 0 Å². The number of fused-ring (bicyclic) bond motifs is 1. The van der Waals surface area contributed by atoms with E-state index in [0.29, 0.717) is 18.6 Å². The molecule has 2 saturated heterocycles. The normalized spacial score (nSPS) is 32.0. The third kappa shape index (κ3) is 2.32. The van der Waals surface area contributed by atoms with Crippen LogP contribution in [0, 0.1) is 6.92 Å². The van der Waals surface area contributed by atoms with Gasteiger partial charge in [-0.15, -0.1) is 0 Å². The van der Waals surface area contributed by atoms with Crippen LogP contribution in [0.2, 0.25) is 0 Å². The summed E-state index contributed by atoms with van der Waals surface area (Å²) >= 11 is 0. The fourth-order valence-electron chi connectivity index (χ4n) is 2.63. The van der Waals surface area contributed by atoms with E-state index in [0.717, 1.165) is 0 Å². The Morgan fingerprint density at radius 2 is 2.10 bits per heavy atom. The summed E-state index contributed by atoms with van der Waals surface area (Å²) in [5.41, 5.74) is -0.368. The van der Waals surface area contributed by atoms with Crippen LogP contribution in [0.15, 0.2) is 15.8 Å². The van der Waals surface area contributed by atoms with Crippen LogP contribution in [0.25, 0.3) is 0 Å². The summed E-state index contributed by atoms with van der Waals surface area (Å²) in [6.45, 7) is 5.80. The first-order chi connectivity index (χ1) is 9.35. The van der Waals surface area contributed by atoms with E-state index in [4.69, 9.17) is 14.2 Å². The van der Waals surface area contributed by atoms with E-state index in [1.807, 2.05) is 13.8 Å². The molecule has 2 fully saturated rings. The van der Waals surface area contributed by atoms with Crippen LogP contribution in [0.3, 0.4) is 0 Å². The molecule has 2 aliphatic rings. The minimum absolute atomic E-state index is 0.108. The molecule has 0 bridgehead atoms. The average molecular weight is 282 g/mol. The maximum atomic E-state index is 11.9. The maximum Gasteiger partial charge on any atom is 0.330 e. The number of aromatic amines is 1. The largest absolute Gasteiger partial charge is 0.349 e. The Balaban J connectivity index is 1.86. The quantitative estimate of drug-likeness (QED) is 0.800. The lowest BCUT2D eigenvalue weighted by Crippen LogP contribution is -2.46. The minimum Gasteiger partial charge on any atom is -0.349 e. The maximum absolute atomic E-state index is 11.9. The van der Waals surface area contributed by atoms with Gasteiger partial charge in [0.1, 0.15) is 12.3 Å². The van der Waals surface area contributed by atoms with Gasteiger partial charge in [0.05, 0.1) is 12.7 Å². The van der Waals surface area contributed by atoms with Gasteiger partial charge in [0, 0.05) is 18.2 Å². The molecule has 0 saturated carbocycles. The zero-order valence-electron chi connectivity index (χ0n) is 11.7. The van der Waals surface area contributed by atoms with E-state index in [9.17, 15) is 9.59 Å². The van der Waals surface area contributed by atoms with E-state index in [-0.39, 0.29) is 17.8 Å². The van der Waals surface area contributed by atoms with Crippen molar-refractivity contribution in [3.8, 4) is 0 Å². The second kappa shape index (κ2) is 4.54. The van der Waals surface area contributed by atoms with Crippen molar-refractivity contribution in [2.45, 2.75) is 51.4 Å². The number of ether oxygens (including phenoxy) is 3. The van der Waals surface area contributed by atoms with Gasteiger partial charge >= 0.3 is 5.69 Å². The standard InChI is InChI=1S/C13H18N2O5/c1-7-5-15(12(17)14-11(7)16)10-4-8-9(19-10)6-18-13(2,3)20-8/h5,8-10H,4,6H2,1-3H3,(H,14,16,17)/t8-,9-,10-/m1/s1. The minimum atomic E-state index is -0.634. The summed E-state index contributed by atoms with van der Waals surface area (Å²) in [4.78, 5) is 25.5. The molecule has 2 aliphatic heterocycles. The lowest BCUT2D eigenvalue weighted by Gasteiger charge is -2.36. The second-order valence-corrected chi connectivity index (χ2v) is 5.71. The Labute approximate surface area is 115 Å². The van der Waals surface area contributed by atoms with Gasteiger partial charge in [-0.25, -0.2) is 4.79 Å². The number of hydrogen-bond acceptors (Lipinski definition) is 5. The van der Waals surface area contributed by atoms with Crippen molar-refractivity contribution < 1.29 is 14.2 Å². The van der Waals surface area contributed by atoms with Gasteiger partial charge in [-0.05, 0) is 20.8 Å². The van der Waals surface area contributed by atoms with E-state index < -0.39 is 17.7 Å². The molecule has 1 aromatic rings. The van der Waals surface area contributed by atoms with Crippen molar-refractivity contribution in [2.75, 3.05) is 6.61 Å². The Bertz CT molecular complexity index is 632.